The number of carbonyl (C=O) groups is 3. The molecule has 8 nitrogen and oxygen atoms in total. The maximum absolute atomic E-state index is 13.4. The first-order valence-corrected chi connectivity index (χ1v) is 8.41. The Bertz CT molecular complexity index is 895. The van der Waals surface area contributed by atoms with Gasteiger partial charge in [0.15, 0.2) is 11.9 Å². The minimum Gasteiger partial charge on any atom is -0.452 e. The number of rotatable bonds is 5. The van der Waals surface area contributed by atoms with E-state index in [0.29, 0.717) is 11.3 Å². The third-order valence-corrected chi connectivity index (χ3v) is 4.14. The van der Waals surface area contributed by atoms with E-state index in [1.54, 1.807) is 13.8 Å². The summed E-state index contributed by atoms with van der Waals surface area (Å²) in [6.07, 6.45) is -0.981. The molecule has 0 bridgehead atoms. The van der Waals surface area contributed by atoms with Crippen LogP contribution in [0, 0.1) is 12.7 Å². The van der Waals surface area contributed by atoms with Gasteiger partial charge in [0.1, 0.15) is 11.6 Å². The minimum atomic E-state index is -1.07. The SMILES string of the molecule is CC[C@H](OC(=O)[C@H]1CC(=O)Nc2cc(F)ccc21)C(=O)Nc1cc(C)on1. The number of aryl methyl sites for hydroxylation is 1. The molecule has 1 aliphatic heterocycles. The van der Waals surface area contributed by atoms with Gasteiger partial charge in [-0.2, -0.15) is 0 Å². The number of nitrogens with zero attached hydrogens (tertiary/aromatic N) is 1. The highest BCUT2D eigenvalue weighted by atomic mass is 19.1. The van der Waals surface area contributed by atoms with E-state index in [2.05, 4.69) is 15.8 Å². The molecule has 0 fully saturated rings. The van der Waals surface area contributed by atoms with Gasteiger partial charge >= 0.3 is 5.97 Å². The molecule has 1 aliphatic rings. The van der Waals surface area contributed by atoms with E-state index in [4.69, 9.17) is 9.26 Å². The van der Waals surface area contributed by atoms with E-state index in [9.17, 15) is 18.8 Å². The summed E-state index contributed by atoms with van der Waals surface area (Å²) in [5, 5.41) is 8.69. The van der Waals surface area contributed by atoms with Crippen molar-refractivity contribution in [3.05, 3.63) is 41.4 Å². The van der Waals surface area contributed by atoms with Crippen LogP contribution in [0.5, 0.6) is 0 Å². The molecule has 2 N–H and O–H groups in total. The number of halogens is 1. The van der Waals surface area contributed by atoms with Crippen LogP contribution in [-0.4, -0.2) is 29.0 Å². The van der Waals surface area contributed by atoms with Crippen molar-refractivity contribution in [2.75, 3.05) is 10.6 Å². The summed E-state index contributed by atoms with van der Waals surface area (Å²) in [6.45, 7) is 3.36. The molecule has 2 atom stereocenters. The number of aromatic nitrogens is 1. The van der Waals surface area contributed by atoms with Crippen molar-refractivity contribution in [3.8, 4) is 0 Å². The van der Waals surface area contributed by atoms with Gasteiger partial charge in [-0.1, -0.05) is 18.1 Å². The van der Waals surface area contributed by atoms with Gasteiger partial charge in [-0.3, -0.25) is 14.4 Å². The zero-order valence-corrected chi connectivity index (χ0v) is 14.7. The second-order valence-electron chi connectivity index (χ2n) is 6.18. The van der Waals surface area contributed by atoms with Crippen molar-refractivity contribution in [1.29, 1.82) is 0 Å². The van der Waals surface area contributed by atoms with Crippen molar-refractivity contribution in [3.63, 3.8) is 0 Å². The maximum atomic E-state index is 13.4. The van der Waals surface area contributed by atoms with Gasteiger partial charge < -0.3 is 19.9 Å². The number of ether oxygens (including phenoxy) is 1. The van der Waals surface area contributed by atoms with Crippen molar-refractivity contribution < 1.29 is 28.0 Å². The molecule has 142 valence electrons. The Kier molecular flexibility index (Phi) is 5.20. The van der Waals surface area contributed by atoms with Crippen molar-refractivity contribution >= 4 is 29.3 Å². The monoisotopic (exact) mass is 375 g/mol. The number of anilines is 2. The number of benzene rings is 1. The smallest absolute Gasteiger partial charge is 0.314 e. The molecule has 0 unspecified atom stereocenters. The molecular weight excluding hydrogens is 357 g/mol. The Morgan fingerprint density at radius 2 is 2.22 bits per heavy atom. The highest BCUT2D eigenvalue weighted by molar-refractivity contribution is 6.01. The number of fused-ring (bicyclic) bond motifs is 1. The normalized spacial score (nSPS) is 16.9. The Hall–Kier alpha value is -3.23. The first-order valence-electron chi connectivity index (χ1n) is 8.41. The van der Waals surface area contributed by atoms with Gasteiger partial charge in [0.05, 0.1) is 5.92 Å². The highest BCUT2D eigenvalue weighted by Gasteiger charge is 2.34. The summed E-state index contributed by atoms with van der Waals surface area (Å²) in [4.78, 5) is 36.8. The Labute approximate surface area is 154 Å². The van der Waals surface area contributed by atoms with Crippen LogP contribution >= 0.6 is 0 Å². The van der Waals surface area contributed by atoms with Crippen LogP contribution in [0.4, 0.5) is 15.9 Å². The quantitative estimate of drug-likeness (QED) is 0.777. The molecule has 0 saturated heterocycles. The molecule has 1 aromatic carbocycles. The molecule has 27 heavy (non-hydrogen) atoms. The fourth-order valence-corrected chi connectivity index (χ4v) is 2.82. The molecule has 1 aromatic heterocycles. The van der Waals surface area contributed by atoms with E-state index >= 15 is 0 Å². The van der Waals surface area contributed by atoms with E-state index in [0.717, 1.165) is 6.07 Å². The second-order valence-corrected chi connectivity index (χ2v) is 6.18. The average molecular weight is 375 g/mol. The van der Waals surface area contributed by atoms with Gasteiger partial charge in [0.2, 0.25) is 5.91 Å². The number of hydrogen-bond donors (Lipinski definition) is 2. The number of nitrogens with one attached hydrogen (secondary N) is 2. The molecule has 2 aromatic rings. The predicted octanol–water partition coefficient (Wildman–Crippen LogP) is 2.51. The van der Waals surface area contributed by atoms with Gasteiger partial charge in [-0.05, 0) is 31.0 Å². The maximum Gasteiger partial charge on any atom is 0.314 e. The van der Waals surface area contributed by atoms with E-state index < -0.39 is 35.6 Å². The second kappa shape index (κ2) is 7.56. The summed E-state index contributed by atoms with van der Waals surface area (Å²) in [5.74, 6) is -2.42. The Morgan fingerprint density at radius 1 is 1.44 bits per heavy atom. The lowest BCUT2D eigenvalue weighted by Crippen LogP contribution is -2.36. The van der Waals surface area contributed by atoms with Gasteiger partial charge in [0.25, 0.3) is 5.91 Å². The van der Waals surface area contributed by atoms with Crippen molar-refractivity contribution in [2.45, 2.75) is 38.7 Å². The molecule has 2 amide bonds. The Balaban J connectivity index is 1.73. The summed E-state index contributed by atoms with van der Waals surface area (Å²) in [7, 11) is 0. The first-order chi connectivity index (χ1) is 12.9. The number of carbonyl (C=O) groups excluding carboxylic acids is 3. The lowest BCUT2D eigenvalue weighted by atomic mass is 9.90. The zero-order chi connectivity index (χ0) is 19.6. The lowest BCUT2D eigenvalue weighted by Gasteiger charge is -2.25. The molecule has 0 aliphatic carbocycles. The van der Waals surface area contributed by atoms with E-state index in [1.807, 2.05) is 0 Å². The van der Waals surface area contributed by atoms with Gasteiger partial charge in [-0.25, -0.2) is 4.39 Å². The molecule has 0 saturated carbocycles. The predicted molar refractivity (Wildman–Crippen MR) is 92.4 cm³/mol. The summed E-state index contributed by atoms with van der Waals surface area (Å²) in [5.41, 5.74) is 0.673. The van der Waals surface area contributed by atoms with Crippen LogP contribution < -0.4 is 10.6 Å². The first kappa shape index (κ1) is 18.6. The molecule has 2 heterocycles. The van der Waals surface area contributed by atoms with Crippen LogP contribution in [0.15, 0.2) is 28.8 Å². The zero-order valence-electron chi connectivity index (χ0n) is 14.7. The van der Waals surface area contributed by atoms with Gasteiger partial charge in [0, 0.05) is 18.2 Å². The lowest BCUT2D eigenvalue weighted by molar-refractivity contribution is -0.156. The van der Waals surface area contributed by atoms with Crippen molar-refractivity contribution in [2.24, 2.45) is 0 Å². The van der Waals surface area contributed by atoms with Gasteiger partial charge in [-0.15, -0.1) is 0 Å². The summed E-state index contributed by atoms with van der Waals surface area (Å²) < 4.78 is 23.6. The third kappa shape index (κ3) is 4.13. The average Bonchev–Trinajstić information content (AvgIpc) is 3.02. The topological polar surface area (TPSA) is 111 Å². The number of amides is 2. The van der Waals surface area contributed by atoms with Crippen LogP contribution in [0.3, 0.4) is 0 Å². The summed E-state index contributed by atoms with van der Waals surface area (Å²) in [6, 6.07) is 5.30. The van der Waals surface area contributed by atoms with Crippen LogP contribution in [0.2, 0.25) is 0 Å². The minimum absolute atomic E-state index is 0.141. The fourth-order valence-electron chi connectivity index (χ4n) is 2.82. The number of hydrogen-bond acceptors (Lipinski definition) is 6. The number of esters is 1. The fraction of sp³-hybridized carbons (Fsp3) is 0.333. The van der Waals surface area contributed by atoms with Crippen LogP contribution in [-0.2, 0) is 19.1 Å². The standard InChI is InChI=1S/C18H18FN3O5/c1-3-14(17(24)21-15-6-9(2)27-22-15)26-18(25)12-8-16(23)20-13-7-10(19)4-5-11(12)13/h4-7,12,14H,3,8H2,1-2H3,(H,20,23)(H,21,22,24)/t12-,14-/m0/s1. The molecule has 3 rings (SSSR count). The molecule has 9 heteroatoms. The van der Waals surface area contributed by atoms with Crippen molar-refractivity contribution in [1.82, 2.24) is 5.16 Å². The molecular formula is C18H18FN3O5. The third-order valence-electron chi connectivity index (χ3n) is 4.14. The van der Waals surface area contributed by atoms with E-state index in [1.165, 1.54) is 18.2 Å². The highest BCUT2D eigenvalue weighted by Crippen LogP contribution is 2.34. The van der Waals surface area contributed by atoms with Crippen LogP contribution in [0.25, 0.3) is 0 Å². The van der Waals surface area contributed by atoms with Crippen LogP contribution in [0.1, 0.15) is 37.0 Å². The van der Waals surface area contributed by atoms with E-state index in [-0.39, 0.29) is 24.3 Å². The Morgan fingerprint density at radius 3 is 2.89 bits per heavy atom. The molecule has 0 spiro atoms. The summed E-state index contributed by atoms with van der Waals surface area (Å²) >= 11 is 0. The largest absolute Gasteiger partial charge is 0.452 e. The molecule has 0 radical (unpaired) electrons.